The summed E-state index contributed by atoms with van der Waals surface area (Å²) in [7, 11) is 1.99. The number of pyridine rings is 1. The number of rotatable bonds is 4. The van der Waals surface area contributed by atoms with Crippen LogP contribution >= 0.6 is 0 Å². The third kappa shape index (κ3) is 6.71. The van der Waals surface area contributed by atoms with Crippen molar-refractivity contribution in [1.29, 1.82) is 0 Å². The number of ether oxygens (including phenoxy) is 1. The minimum Gasteiger partial charge on any atom is -0.402 e. The molecule has 5 rings (SSSR count). The van der Waals surface area contributed by atoms with E-state index in [9.17, 15) is 22.4 Å². The number of hydrogen-bond donors (Lipinski definition) is 2. The molecular weight excluding hydrogens is 576 g/mol. The first-order chi connectivity index (χ1) is 20.2. The maximum absolute atomic E-state index is 15.1. The van der Waals surface area contributed by atoms with Crippen molar-refractivity contribution in [2.24, 2.45) is 0 Å². The molecule has 7 nitrogen and oxygen atoms in total. The standard InChI is InChI=1S/C30H27F6N5O2/c1-17-11-24(31)22(13-19(17)4-3-18-12-26(27(37)38-16-18)43-30(34,35)36)28(42)39-20-5-6-21-23(14-20)29(32,33)15-25(21)41-9-7-40(2)8-10-41/h5-6,11-14,16,25H,7-10,15H2,1-2H3,(H2,37,38)(H,39,42). The number of aromatic nitrogens is 1. The summed E-state index contributed by atoms with van der Waals surface area (Å²) in [5.41, 5.74) is 6.04. The smallest absolute Gasteiger partial charge is 0.402 e. The first kappa shape index (κ1) is 30.2. The predicted octanol–water partition coefficient (Wildman–Crippen LogP) is 5.45. The van der Waals surface area contributed by atoms with Gasteiger partial charge in [-0.05, 0) is 49.4 Å². The number of nitrogens with two attached hydrogens (primary N) is 1. The number of alkyl halides is 5. The fraction of sp³-hybridized carbons (Fsp3) is 0.333. The quantitative estimate of drug-likeness (QED) is 0.305. The van der Waals surface area contributed by atoms with Crippen molar-refractivity contribution < 1.29 is 35.9 Å². The van der Waals surface area contributed by atoms with Crippen molar-refractivity contribution in [3.05, 3.63) is 81.8 Å². The van der Waals surface area contributed by atoms with Gasteiger partial charge in [-0.3, -0.25) is 9.69 Å². The van der Waals surface area contributed by atoms with Crippen LogP contribution < -0.4 is 15.8 Å². The molecule has 1 aliphatic heterocycles. The number of carbonyl (C=O) groups excluding carboxylic acids is 1. The van der Waals surface area contributed by atoms with E-state index in [4.69, 9.17) is 5.73 Å². The lowest BCUT2D eigenvalue weighted by Gasteiger charge is -2.36. The van der Waals surface area contributed by atoms with Crippen LogP contribution in [0.5, 0.6) is 5.75 Å². The Balaban J connectivity index is 1.37. The SMILES string of the molecule is Cc1cc(F)c(C(=O)Nc2ccc3c(c2)C(F)(F)CC3N2CCN(C)CC2)cc1C#Cc1cnc(N)c(OC(F)(F)F)c1. The van der Waals surface area contributed by atoms with Gasteiger partial charge in [-0.25, -0.2) is 18.2 Å². The normalized spacial score (nSPS) is 18.5. The van der Waals surface area contributed by atoms with Crippen molar-refractivity contribution in [3.63, 3.8) is 0 Å². The first-order valence-electron chi connectivity index (χ1n) is 13.3. The van der Waals surface area contributed by atoms with Gasteiger partial charge in [0.2, 0.25) is 0 Å². The molecule has 2 aliphatic rings. The molecule has 0 bridgehead atoms. The number of fused-ring (bicyclic) bond motifs is 1. The minimum absolute atomic E-state index is 0.0251. The first-order valence-corrected chi connectivity index (χ1v) is 13.3. The van der Waals surface area contributed by atoms with Crippen LogP contribution in [-0.4, -0.2) is 60.3 Å². The van der Waals surface area contributed by atoms with E-state index < -0.39 is 47.2 Å². The van der Waals surface area contributed by atoms with Crippen LogP contribution in [-0.2, 0) is 5.92 Å². The lowest BCUT2D eigenvalue weighted by Crippen LogP contribution is -2.45. The highest BCUT2D eigenvalue weighted by Gasteiger charge is 2.47. The molecule has 1 saturated heterocycles. The van der Waals surface area contributed by atoms with Crippen LogP contribution in [0.4, 0.5) is 37.8 Å². The number of likely N-dealkylation sites (N-methyl/N-ethyl adjacent to an activating group) is 1. The molecule has 13 heteroatoms. The molecule has 1 atom stereocenters. The van der Waals surface area contributed by atoms with Crippen molar-refractivity contribution in [3.8, 4) is 17.6 Å². The second-order valence-electron chi connectivity index (χ2n) is 10.6. The van der Waals surface area contributed by atoms with Gasteiger partial charge in [0.15, 0.2) is 11.6 Å². The number of piperazine rings is 1. The molecule has 1 amide bonds. The Labute approximate surface area is 243 Å². The van der Waals surface area contributed by atoms with Crippen LogP contribution in [0, 0.1) is 24.6 Å². The molecule has 2 aromatic carbocycles. The van der Waals surface area contributed by atoms with E-state index in [2.05, 4.69) is 31.8 Å². The highest BCUT2D eigenvalue weighted by Crippen LogP contribution is 2.50. The highest BCUT2D eigenvalue weighted by atomic mass is 19.4. The van der Waals surface area contributed by atoms with Crippen molar-refractivity contribution in [1.82, 2.24) is 14.8 Å². The van der Waals surface area contributed by atoms with Gasteiger partial charge in [0.05, 0.1) is 5.56 Å². The second kappa shape index (κ2) is 11.4. The second-order valence-corrected chi connectivity index (χ2v) is 10.6. The van der Waals surface area contributed by atoms with Gasteiger partial charge in [0.1, 0.15) is 5.82 Å². The molecule has 1 fully saturated rings. The van der Waals surface area contributed by atoms with Crippen LogP contribution in [0.3, 0.4) is 0 Å². The summed E-state index contributed by atoms with van der Waals surface area (Å²) in [5.74, 6) is -0.768. The molecular formula is C30H27F6N5O2. The lowest BCUT2D eigenvalue weighted by molar-refractivity contribution is -0.274. The summed E-state index contributed by atoms with van der Waals surface area (Å²) in [6.07, 6.45) is -4.21. The molecule has 0 spiro atoms. The Bertz CT molecular complexity index is 1620. The highest BCUT2D eigenvalue weighted by molar-refractivity contribution is 6.04. The Kier molecular flexibility index (Phi) is 8.02. The largest absolute Gasteiger partial charge is 0.573 e. The molecule has 2 heterocycles. The number of aryl methyl sites for hydroxylation is 1. The summed E-state index contributed by atoms with van der Waals surface area (Å²) in [6, 6.07) is 7.09. The average molecular weight is 604 g/mol. The molecule has 3 aromatic rings. The number of nitrogens with one attached hydrogen (secondary N) is 1. The molecule has 1 aliphatic carbocycles. The van der Waals surface area contributed by atoms with Crippen LogP contribution in [0.25, 0.3) is 0 Å². The Hall–Kier alpha value is -4.28. The summed E-state index contributed by atoms with van der Waals surface area (Å²) in [5, 5.41) is 2.49. The maximum Gasteiger partial charge on any atom is 0.573 e. The van der Waals surface area contributed by atoms with Gasteiger partial charge < -0.3 is 20.7 Å². The fourth-order valence-corrected chi connectivity index (χ4v) is 5.21. The lowest BCUT2D eigenvalue weighted by atomic mass is 10.0. The zero-order valence-corrected chi connectivity index (χ0v) is 23.2. The molecule has 226 valence electrons. The third-order valence-electron chi connectivity index (χ3n) is 7.50. The number of amides is 1. The van der Waals surface area contributed by atoms with Gasteiger partial charge >= 0.3 is 6.36 Å². The fourth-order valence-electron chi connectivity index (χ4n) is 5.21. The van der Waals surface area contributed by atoms with Crippen LogP contribution in [0.2, 0.25) is 0 Å². The van der Waals surface area contributed by atoms with Crippen molar-refractivity contribution >= 4 is 17.4 Å². The summed E-state index contributed by atoms with van der Waals surface area (Å²) < 4.78 is 86.7. The zero-order valence-electron chi connectivity index (χ0n) is 23.2. The summed E-state index contributed by atoms with van der Waals surface area (Å²) in [6.45, 7) is 4.44. The maximum atomic E-state index is 15.1. The van der Waals surface area contributed by atoms with Crippen LogP contribution in [0.1, 0.15) is 50.6 Å². The molecule has 43 heavy (non-hydrogen) atoms. The molecule has 0 radical (unpaired) electrons. The van der Waals surface area contributed by atoms with Gasteiger partial charge in [-0.1, -0.05) is 17.9 Å². The third-order valence-corrected chi connectivity index (χ3v) is 7.50. The number of halogens is 6. The van der Waals surface area contributed by atoms with E-state index in [1.54, 1.807) is 6.07 Å². The molecule has 1 unspecified atom stereocenters. The molecule has 1 aromatic heterocycles. The zero-order chi connectivity index (χ0) is 31.1. The monoisotopic (exact) mass is 603 g/mol. The van der Waals surface area contributed by atoms with Gasteiger partial charge in [0, 0.05) is 73.3 Å². The van der Waals surface area contributed by atoms with E-state index in [1.165, 1.54) is 25.1 Å². The Morgan fingerprint density at radius 3 is 2.53 bits per heavy atom. The predicted molar refractivity (Wildman–Crippen MR) is 147 cm³/mol. The van der Waals surface area contributed by atoms with Crippen molar-refractivity contribution in [2.75, 3.05) is 44.3 Å². The topological polar surface area (TPSA) is 83.7 Å². The number of benzene rings is 2. The minimum atomic E-state index is -4.99. The number of hydrogen-bond acceptors (Lipinski definition) is 6. The van der Waals surface area contributed by atoms with E-state index in [0.717, 1.165) is 31.4 Å². The number of carbonyl (C=O) groups is 1. The van der Waals surface area contributed by atoms with E-state index in [-0.39, 0.29) is 28.8 Å². The molecule has 3 N–H and O–H groups in total. The molecule has 0 saturated carbocycles. The Morgan fingerprint density at radius 1 is 1.12 bits per heavy atom. The van der Waals surface area contributed by atoms with Gasteiger partial charge in [-0.15, -0.1) is 13.2 Å². The summed E-state index contributed by atoms with van der Waals surface area (Å²) >= 11 is 0. The average Bonchev–Trinajstić information content (AvgIpc) is 3.19. The van der Waals surface area contributed by atoms with Crippen LogP contribution in [0.15, 0.2) is 42.6 Å². The summed E-state index contributed by atoms with van der Waals surface area (Å²) in [4.78, 5) is 20.9. The van der Waals surface area contributed by atoms with Crippen molar-refractivity contribution in [2.45, 2.75) is 31.7 Å². The number of anilines is 2. The van der Waals surface area contributed by atoms with E-state index in [0.29, 0.717) is 24.2 Å². The number of nitrogen functional groups attached to an aromatic ring is 1. The van der Waals surface area contributed by atoms with Gasteiger partial charge in [0.25, 0.3) is 11.8 Å². The van der Waals surface area contributed by atoms with E-state index in [1.807, 2.05) is 11.9 Å². The number of nitrogens with zero attached hydrogens (tertiary/aromatic N) is 3. The Morgan fingerprint density at radius 2 is 1.84 bits per heavy atom. The van der Waals surface area contributed by atoms with Gasteiger partial charge in [-0.2, -0.15) is 0 Å². The van der Waals surface area contributed by atoms with E-state index >= 15 is 8.78 Å².